The van der Waals surface area contributed by atoms with Crippen molar-refractivity contribution >= 4 is 22.7 Å². The molecule has 1 aromatic carbocycles. The van der Waals surface area contributed by atoms with Crippen molar-refractivity contribution in [2.24, 2.45) is 0 Å². The average Bonchev–Trinajstić information content (AvgIpc) is 2.27. The Morgan fingerprint density at radius 3 is 2.16 bits per heavy atom. The molecule has 1 unspecified atom stereocenters. The fourth-order valence-electron chi connectivity index (χ4n) is 1.32. The summed E-state index contributed by atoms with van der Waals surface area (Å²) in [5.41, 5.74) is 1.16. The Balaban J connectivity index is 2.69. The normalized spacial score (nSPS) is 13.2. The van der Waals surface area contributed by atoms with E-state index >= 15 is 0 Å². The Morgan fingerprint density at radius 2 is 1.74 bits per heavy atom. The molecule has 0 aliphatic rings. The molecule has 1 N–H and O–H groups in total. The average molecular weight is 282 g/mol. The Hall–Kier alpha value is -1.16. The zero-order valence-electron chi connectivity index (χ0n) is 12.6. The van der Waals surface area contributed by atoms with Gasteiger partial charge in [-0.05, 0) is 58.9 Å². The first-order chi connectivity index (χ1) is 8.69. The summed E-state index contributed by atoms with van der Waals surface area (Å²) in [6, 6.07) is 7.44. The van der Waals surface area contributed by atoms with Crippen LogP contribution in [0.4, 0.5) is 5.69 Å². The van der Waals surface area contributed by atoms with Crippen molar-refractivity contribution in [1.82, 2.24) is 0 Å². The van der Waals surface area contributed by atoms with E-state index in [-0.39, 0.29) is 17.1 Å². The minimum atomic E-state index is -0.457. The van der Waals surface area contributed by atoms with Crippen LogP contribution < -0.4 is 4.72 Å². The third-order valence-electron chi connectivity index (χ3n) is 2.51. The summed E-state index contributed by atoms with van der Waals surface area (Å²) >= 11 is 0.128. The number of hydrogen-bond donors (Lipinski definition) is 1. The van der Waals surface area contributed by atoms with Gasteiger partial charge in [-0.15, -0.1) is 0 Å². The number of ether oxygens (including phenoxy) is 1. The molecule has 0 saturated heterocycles. The van der Waals surface area contributed by atoms with Crippen molar-refractivity contribution in [3.05, 3.63) is 29.8 Å². The van der Waals surface area contributed by atoms with Crippen LogP contribution in [0, 0.1) is 0 Å². The molecule has 0 spiro atoms. The molecule has 3 nitrogen and oxygen atoms in total. The molecule has 106 valence electrons. The first kappa shape index (κ1) is 15.9. The molecule has 0 saturated carbocycles. The summed E-state index contributed by atoms with van der Waals surface area (Å²) in [7, 11) is 0. The standard InChI is InChI=1S/C15H23NO2S/c1-11(2)19(6)16-13-9-7-12(8-10-13)14(17)18-15(3,4)5/h7-11H,1-6H3/p+1. The lowest BCUT2D eigenvalue weighted by molar-refractivity contribution is 0.00696. The highest BCUT2D eigenvalue weighted by Gasteiger charge is 2.19. The second-order valence-electron chi connectivity index (χ2n) is 5.79. The highest BCUT2D eigenvalue weighted by Crippen LogP contribution is 2.16. The van der Waals surface area contributed by atoms with Crippen LogP contribution in [-0.4, -0.2) is 23.1 Å². The molecule has 0 bridgehead atoms. The van der Waals surface area contributed by atoms with Crippen LogP contribution >= 0.6 is 0 Å². The molecule has 0 aromatic heterocycles. The summed E-state index contributed by atoms with van der Waals surface area (Å²) in [5, 5.41) is 0.588. The smallest absolute Gasteiger partial charge is 0.338 e. The lowest BCUT2D eigenvalue weighted by atomic mass is 10.1. The van der Waals surface area contributed by atoms with E-state index in [0.717, 1.165) is 5.69 Å². The van der Waals surface area contributed by atoms with Crippen LogP contribution in [0.25, 0.3) is 0 Å². The Bertz CT molecular complexity index is 421. The van der Waals surface area contributed by atoms with E-state index in [2.05, 4.69) is 24.8 Å². The minimum absolute atomic E-state index is 0.128. The van der Waals surface area contributed by atoms with Gasteiger partial charge < -0.3 is 4.74 Å². The maximum absolute atomic E-state index is 11.9. The Kier molecular flexibility index (Phi) is 5.29. The van der Waals surface area contributed by atoms with Crippen molar-refractivity contribution in [3.63, 3.8) is 0 Å². The quantitative estimate of drug-likeness (QED) is 0.677. The van der Waals surface area contributed by atoms with Crippen molar-refractivity contribution in [2.75, 3.05) is 11.0 Å². The summed E-state index contributed by atoms with van der Waals surface area (Å²) < 4.78 is 8.76. The van der Waals surface area contributed by atoms with Crippen LogP contribution in [0.3, 0.4) is 0 Å². The van der Waals surface area contributed by atoms with Crippen LogP contribution in [0.5, 0.6) is 0 Å². The van der Waals surface area contributed by atoms with Gasteiger partial charge in [-0.2, -0.15) is 0 Å². The van der Waals surface area contributed by atoms with Crippen molar-refractivity contribution in [1.29, 1.82) is 0 Å². The van der Waals surface area contributed by atoms with Crippen molar-refractivity contribution < 1.29 is 9.53 Å². The lowest BCUT2D eigenvalue weighted by Gasteiger charge is -2.19. The fraction of sp³-hybridized carbons (Fsp3) is 0.533. The molecule has 0 aliphatic heterocycles. The summed E-state index contributed by atoms with van der Waals surface area (Å²) in [6.07, 6.45) is 2.17. The summed E-state index contributed by atoms with van der Waals surface area (Å²) in [4.78, 5) is 11.9. The first-order valence-corrected chi connectivity index (χ1v) is 8.13. The molecule has 0 amide bonds. The van der Waals surface area contributed by atoms with Gasteiger partial charge in [-0.1, -0.05) is 0 Å². The third-order valence-corrected chi connectivity index (χ3v) is 4.48. The number of anilines is 1. The van der Waals surface area contributed by atoms with Gasteiger partial charge in [0.15, 0.2) is 0 Å². The van der Waals surface area contributed by atoms with Gasteiger partial charge in [0.1, 0.15) is 17.1 Å². The molecular formula is C15H24NO2S+. The number of carbonyl (C=O) groups is 1. The van der Waals surface area contributed by atoms with Gasteiger partial charge in [0.25, 0.3) is 0 Å². The Labute approximate surface area is 119 Å². The molecule has 1 rings (SSSR count). The maximum Gasteiger partial charge on any atom is 0.338 e. The van der Waals surface area contributed by atoms with Crippen LogP contribution in [-0.2, 0) is 15.8 Å². The highest BCUT2D eigenvalue weighted by molar-refractivity contribution is 7.98. The van der Waals surface area contributed by atoms with E-state index < -0.39 is 5.60 Å². The predicted molar refractivity (Wildman–Crippen MR) is 83.7 cm³/mol. The van der Waals surface area contributed by atoms with E-state index in [1.807, 2.05) is 32.9 Å². The molecule has 0 heterocycles. The van der Waals surface area contributed by atoms with Gasteiger partial charge >= 0.3 is 5.97 Å². The van der Waals surface area contributed by atoms with Crippen molar-refractivity contribution in [2.45, 2.75) is 45.5 Å². The van der Waals surface area contributed by atoms with E-state index in [9.17, 15) is 4.79 Å². The molecule has 0 fully saturated rings. The third kappa shape index (κ3) is 5.55. The predicted octanol–water partition coefficient (Wildman–Crippen LogP) is 3.63. The number of hydrogen-bond acceptors (Lipinski definition) is 3. The monoisotopic (exact) mass is 282 g/mol. The van der Waals surface area contributed by atoms with Gasteiger partial charge in [0.2, 0.25) is 0 Å². The van der Waals surface area contributed by atoms with E-state index in [4.69, 9.17) is 4.74 Å². The van der Waals surface area contributed by atoms with Gasteiger partial charge in [0, 0.05) is 0 Å². The Morgan fingerprint density at radius 1 is 1.21 bits per heavy atom. The fourth-order valence-corrected chi connectivity index (χ4v) is 2.06. The summed E-state index contributed by atoms with van der Waals surface area (Å²) in [6.45, 7) is 9.97. The second-order valence-corrected chi connectivity index (χ2v) is 8.05. The second kappa shape index (κ2) is 6.33. The van der Waals surface area contributed by atoms with E-state index in [0.29, 0.717) is 10.8 Å². The van der Waals surface area contributed by atoms with Crippen LogP contribution in [0.15, 0.2) is 24.3 Å². The number of carbonyl (C=O) groups excluding carboxylic acids is 1. The number of esters is 1. The van der Waals surface area contributed by atoms with E-state index in [1.165, 1.54) is 0 Å². The van der Waals surface area contributed by atoms with E-state index in [1.54, 1.807) is 12.1 Å². The number of benzene rings is 1. The number of nitrogens with one attached hydrogen (secondary N) is 1. The summed E-state index contributed by atoms with van der Waals surface area (Å²) in [5.74, 6) is -0.279. The zero-order chi connectivity index (χ0) is 14.6. The van der Waals surface area contributed by atoms with Crippen LogP contribution in [0.2, 0.25) is 0 Å². The van der Waals surface area contributed by atoms with Gasteiger partial charge in [-0.3, -0.25) is 0 Å². The molecule has 0 radical (unpaired) electrons. The SMILES string of the molecule is CC(C)[S+](C)Nc1ccc(C(=O)OC(C)(C)C)cc1. The van der Waals surface area contributed by atoms with Crippen LogP contribution in [0.1, 0.15) is 45.0 Å². The van der Waals surface area contributed by atoms with Gasteiger partial charge in [-0.25, -0.2) is 9.52 Å². The topological polar surface area (TPSA) is 38.3 Å². The molecule has 19 heavy (non-hydrogen) atoms. The highest BCUT2D eigenvalue weighted by atomic mass is 32.2. The molecule has 0 aliphatic carbocycles. The molecular weight excluding hydrogens is 258 g/mol. The molecule has 1 atom stereocenters. The minimum Gasteiger partial charge on any atom is -0.456 e. The van der Waals surface area contributed by atoms with Gasteiger partial charge in [0.05, 0.1) is 22.3 Å². The first-order valence-electron chi connectivity index (χ1n) is 6.44. The molecule has 4 heteroatoms. The zero-order valence-corrected chi connectivity index (χ0v) is 13.4. The number of rotatable bonds is 4. The molecule has 1 aromatic rings. The van der Waals surface area contributed by atoms with Crippen molar-refractivity contribution in [3.8, 4) is 0 Å². The maximum atomic E-state index is 11.9. The largest absolute Gasteiger partial charge is 0.456 e. The lowest BCUT2D eigenvalue weighted by Crippen LogP contribution is -2.24.